The first-order chi connectivity index (χ1) is 12.5. The molecular formula is C19H13ClN4OS. The number of nitrogens with one attached hydrogen (secondary N) is 1. The number of aliphatic imine (C=N–C) groups is 1. The molecule has 0 radical (unpaired) electrons. The summed E-state index contributed by atoms with van der Waals surface area (Å²) in [6.45, 7) is 1.98. The predicted molar refractivity (Wildman–Crippen MR) is 107 cm³/mol. The van der Waals surface area contributed by atoms with E-state index in [4.69, 9.17) is 17.0 Å². The summed E-state index contributed by atoms with van der Waals surface area (Å²) in [5.74, 6) is -0.429. The molecular weight excluding hydrogens is 368 g/mol. The van der Waals surface area contributed by atoms with E-state index in [9.17, 15) is 4.79 Å². The second-order valence-corrected chi connectivity index (χ2v) is 7.18. The van der Waals surface area contributed by atoms with Crippen molar-refractivity contribution in [3.05, 3.63) is 75.8 Å². The molecule has 0 spiro atoms. The monoisotopic (exact) mass is 380 g/mol. The third-order valence-corrected chi connectivity index (χ3v) is 5.18. The zero-order valence-corrected chi connectivity index (χ0v) is 15.3. The van der Waals surface area contributed by atoms with Gasteiger partial charge in [0.25, 0.3) is 5.91 Å². The number of thioether (sulfide) groups is 1. The van der Waals surface area contributed by atoms with E-state index < -0.39 is 5.91 Å². The van der Waals surface area contributed by atoms with Gasteiger partial charge in [0.05, 0.1) is 10.6 Å². The zero-order chi connectivity index (χ0) is 18.3. The van der Waals surface area contributed by atoms with E-state index in [2.05, 4.69) is 10.1 Å². The average Bonchev–Trinajstić information content (AvgIpc) is 3.03. The Morgan fingerprint density at radius 3 is 2.77 bits per heavy atom. The summed E-state index contributed by atoms with van der Waals surface area (Å²) in [6.07, 6.45) is 1.67. The van der Waals surface area contributed by atoms with Gasteiger partial charge in [-0.2, -0.15) is 15.1 Å². The third kappa shape index (κ3) is 2.98. The minimum absolute atomic E-state index is 0.0102. The lowest BCUT2D eigenvalue weighted by molar-refractivity contribution is -0.114. The molecule has 2 aromatic carbocycles. The molecule has 0 bridgehead atoms. The number of hydrazone groups is 1. The van der Waals surface area contributed by atoms with Crippen LogP contribution in [0.4, 0.5) is 0 Å². The Hall–Kier alpha value is -2.70. The Kier molecular flexibility index (Phi) is 4.22. The van der Waals surface area contributed by atoms with Crippen LogP contribution in [0.3, 0.4) is 0 Å². The topological polar surface area (TPSA) is 68.9 Å². The van der Waals surface area contributed by atoms with Crippen molar-refractivity contribution in [2.75, 3.05) is 0 Å². The first-order valence-corrected chi connectivity index (χ1v) is 9.04. The first kappa shape index (κ1) is 16.8. The van der Waals surface area contributed by atoms with Crippen LogP contribution in [0.1, 0.15) is 16.7 Å². The van der Waals surface area contributed by atoms with E-state index in [0.29, 0.717) is 15.2 Å². The first-order valence-electron chi connectivity index (χ1n) is 7.85. The number of rotatable bonds is 2. The van der Waals surface area contributed by atoms with E-state index >= 15 is 0 Å². The number of halogens is 1. The van der Waals surface area contributed by atoms with Gasteiger partial charge < -0.3 is 0 Å². The standard InChI is InChI=1S/C19H13ClN4OS/c1-11-5-4-6-12(9-11)10-14-16(21)24-19(22-17(14)25)26-18(23-24)13-7-2-3-8-15(13)20/h2-10,21H,1H3/b14-10-,21-16?. The van der Waals surface area contributed by atoms with Crippen molar-refractivity contribution in [1.29, 1.82) is 5.41 Å². The second kappa shape index (κ2) is 6.55. The van der Waals surface area contributed by atoms with Gasteiger partial charge >= 0.3 is 0 Å². The molecule has 128 valence electrons. The van der Waals surface area contributed by atoms with Crippen LogP contribution < -0.4 is 0 Å². The Balaban J connectivity index is 1.72. The van der Waals surface area contributed by atoms with Crippen molar-refractivity contribution in [3.63, 3.8) is 0 Å². The average molecular weight is 381 g/mol. The number of fused-ring (bicyclic) bond motifs is 1. The third-order valence-electron chi connectivity index (χ3n) is 3.91. The quantitative estimate of drug-likeness (QED) is 0.789. The maximum Gasteiger partial charge on any atom is 0.283 e. The highest BCUT2D eigenvalue weighted by atomic mass is 35.5. The fourth-order valence-corrected chi connectivity index (χ4v) is 3.87. The van der Waals surface area contributed by atoms with Crippen molar-refractivity contribution in [2.45, 2.75) is 6.92 Å². The normalized spacial score (nSPS) is 18.1. The van der Waals surface area contributed by atoms with E-state index in [0.717, 1.165) is 16.7 Å². The minimum atomic E-state index is -0.439. The number of hydrogen-bond acceptors (Lipinski definition) is 4. The summed E-state index contributed by atoms with van der Waals surface area (Å²) in [6, 6.07) is 15.0. The summed E-state index contributed by atoms with van der Waals surface area (Å²) in [5, 5.41) is 15.8. The maximum atomic E-state index is 12.4. The molecule has 0 fully saturated rings. The van der Waals surface area contributed by atoms with Crippen LogP contribution in [-0.2, 0) is 4.79 Å². The van der Waals surface area contributed by atoms with Crippen LogP contribution in [0, 0.1) is 12.3 Å². The number of amidine groups is 2. The lowest BCUT2D eigenvalue weighted by Crippen LogP contribution is -2.35. The van der Waals surface area contributed by atoms with Crippen molar-refractivity contribution in [2.24, 2.45) is 10.1 Å². The lowest BCUT2D eigenvalue weighted by Gasteiger charge is -2.20. The van der Waals surface area contributed by atoms with Crippen LogP contribution in [0.5, 0.6) is 0 Å². The van der Waals surface area contributed by atoms with Gasteiger partial charge in [-0.05, 0) is 36.4 Å². The summed E-state index contributed by atoms with van der Waals surface area (Å²) in [7, 11) is 0. The van der Waals surface area contributed by atoms with Gasteiger partial charge in [-0.15, -0.1) is 0 Å². The molecule has 0 saturated heterocycles. The van der Waals surface area contributed by atoms with Gasteiger partial charge in [-0.1, -0.05) is 59.6 Å². The number of hydrogen-bond donors (Lipinski definition) is 1. The summed E-state index contributed by atoms with van der Waals surface area (Å²) in [5.41, 5.74) is 2.89. The number of nitrogens with zero attached hydrogens (tertiary/aromatic N) is 3. The number of carbonyl (C=O) groups is 1. The molecule has 1 amide bonds. The minimum Gasteiger partial charge on any atom is -0.282 e. The van der Waals surface area contributed by atoms with Crippen molar-refractivity contribution >= 4 is 51.4 Å². The Labute approximate surface area is 159 Å². The molecule has 1 N–H and O–H groups in total. The number of carbonyl (C=O) groups excluding carboxylic acids is 1. The molecule has 2 aliphatic heterocycles. The number of amides is 1. The molecule has 2 aliphatic rings. The van der Waals surface area contributed by atoms with Crippen molar-refractivity contribution < 1.29 is 4.79 Å². The molecule has 2 heterocycles. The highest BCUT2D eigenvalue weighted by Crippen LogP contribution is 2.33. The molecule has 26 heavy (non-hydrogen) atoms. The fraction of sp³-hybridized carbons (Fsp3) is 0.0526. The lowest BCUT2D eigenvalue weighted by atomic mass is 10.1. The summed E-state index contributed by atoms with van der Waals surface area (Å²) >= 11 is 7.47. The van der Waals surface area contributed by atoms with Gasteiger partial charge in [0.1, 0.15) is 5.04 Å². The SMILES string of the molecule is Cc1cccc(/C=C2/C(=N)N3N=C(c4ccccc4Cl)SC3=NC2=O)c1. The molecule has 2 aromatic rings. The molecule has 0 atom stereocenters. The summed E-state index contributed by atoms with van der Waals surface area (Å²) < 4.78 is 0. The van der Waals surface area contributed by atoms with Crippen molar-refractivity contribution in [3.8, 4) is 0 Å². The van der Waals surface area contributed by atoms with Crippen LogP contribution in [-0.4, -0.2) is 27.0 Å². The van der Waals surface area contributed by atoms with Crippen LogP contribution in [0.2, 0.25) is 5.02 Å². The van der Waals surface area contributed by atoms with Gasteiger partial charge in [0.2, 0.25) is 5.17 Å². The molecule has 0 saturated carbocycles. The number of benzene rings is 2. The van der Waals surface area contributed by atoms with Gasteiger partial charge in [-0.3, -0.25) is 10.2 Å². The highest BCUT2D eigenvalue weighted by Gasteiger charge is 2.36. The van der Waals surface area contributed by atoms with Crippen molar-refractivity contribution in [1.82, 2.24) is 5.01 Å². The summed E-state index contributed by atoms with van der Waals surface area (Å²) in [4.78, 5) is 16.5. The smallest absolute Gasteiger partial charge is 0.282 e. The molecule has 4 rings (SSSR count). The maximum absolute atomic E-state index is 12.4. The van der Waals surface area contributed by atoms with E-state index in [1.165, 1.54) is 16.8 Å². The fourth-order valence-electron chi connectivity index (χ4n) is 2.66. The molecule has 0 aromatic heterocycles. The van der Waals surface area contributed by atoms with Gasteiger partial charge in [0, 0.05) is 5.56 Å². The van der Waals surface area contributed by atoms with Crippen LogP contribution in [0.15, 0.2) is 64.2 Å². The Morgan fingerprint density at radius 2 is 2.00 bits per heavy atom. The van der Waals surface area contributed by atoms with Gasteiger partial charge in [-0.25, -0.2) is 0 Å². The second-order valence-electron chi connectivity index (χ2n) is 5.82. The van der Waals surface area contributed by atoms with Crippen LogP contribution >= 0.6 is 23.4 Å². The molecule has 7 heteroatoms. The van der Waals surface area contributed by atoms with Gasteiger partial charge in [0.15, 0.2) is 5.84 Å². The Morgan fingerprint density at radius 1 is 1.19 bits per heavy atom. The molecule has 5 nitrogen and oxygen atoms in total. The van der Waals surface area contributed by atoms with Crippen LogP contribution in [0.25, 0.3) is 6.08 Å². The molecule has 0 unspecified atom stereocenters. The zero-order valence-electron chi connectivity index (χ0n) is 13.7. The van der Waals surface area contributed by atoms with E-state index in [1.807, 2.05) is 49.4 Å². The largest absolute Gasteiger partial charge is 0.283 e. The highest BCUT2D eigenvalue weighted by molar-refractivity contribution is 8.27. The predicted octanol–water partition coefficient (Wildman–Crippen LogP) is 4.32. The Bertz CT molecular complexity index is 1040. The van der Waals surface area contributed by atoms with E-state index in [1.54, 1.807) is 12.1 Å². The number of aryl methyl sites for hydroxylation is 1. The van der Waals surface area contributed by atoms with E-state index in [-0.39, 0.29) is 11.4 Å². The molecule has 0 aliphatic carbocycles.